The summed E-state index contributed by atoms with van der Waals surface area (Å²) in [6.07, 6.45) is -2.09. The number of hydrogen-bond donors (Lipinski definition) is 3. The van der Waals surface area contributed by atoms with Gasteiger partial charge in [0.1, 0.15) is 6.04 Å². The Morgan fingerprint density at radius 3 is 2.37 bits per heavy atom. The first-order chi connectivity index (χ1) is 8.70. The highest BCUT2D eigenvalue weighted by molar-refractivity contribution is 7.98. The molecule has 10 heteroatoms. The fraction of sp³-hybridized carbons (Fsp3) is 0.778. The highest BCUT2D eigenvalue weighted by Gasteiger charge is 2.41. The number of carbonyl (C=O) groups excluding carboxylic acids is 1. The van der Waals surface area contributed by atoms with E-state index in [1.54, 1.807) is 6.26 Å². The number of aliphatic carboxylic acids is 1. The Morgan fingerprint density at radius 2 is 1.95 bits per heavy atom. The minimum Gasteiger partial charge on any atom is -0.480 e. The third-order valence-electron chi connectivity index (χ3n) is 2.02. The number of hydrogen-bond acceptors (Lipinski definition) is 3. The van der Waals surface area contributed by atoms with Crippen LogP contribution in [0.4, 0.5) is 22.4 Å². The number of carbonyl (C=O) groups is 2. The van der Waals surface area contributed by atoms with Crippen molar-refractivity contribution in [2.75, 3.05) is 18.6 Å². The van der Waals surface area contributed by atoms with Gasteiger partial charge in [-0.05, 0) is 18.4 Å². The highest BCUT2D eigenvalue weighted by atomic mass is 32.2. The maximum absolute atomic E-state index is 12.5. The van der Waals surface area contributed by atoms with E-state index >= 15 is 0 Å². The molecular formula is C9H14F4N2O3S. The van der Waals surface area contributed by atoms with E-state index in [4.69, 9.17) is 5.11 Å². The van der Waals surface area contributed by atoms with Crippen molar-refractivity contribution in [2.45, 2.75) is 24.8 Å². The maximum Gasteiger partial charge on any atom is 0.326 e. The van der Waals surface area contributed by atoms with Crippen molar-refractivity contribution in [1.29, 1.82) is 0 Å². The first-order valence-electron chi connectivity index (χ1n) is 5.12. The summed E-state index contributed by atoms with van der Waals surface area (Å²) in [5.41, 5.74) is 0. The first-order valence-corrected chi connectivity index (χ1v) is 6.52. The third kappa shape index (κ3) is 7.09. The summed E-state index contributed by atoms with van der Waals surface area (Å²) in [7, 11) is 0. The van der Waals surface area contributed by atoms with Crippen LogP contribution in [0.5, 0.6) is 0 Å². The molecule has 0 saturated carbocycles. The molecule has 0 radical (unpaired) electrons. The second-order valence-corrected chi connectivity index (χ2v) is 4.55. The van der Waals surface area contributed by atoms with E-state index in [0.29, 0.717) is 5.75 Å². The summed E-state index contributed by atoms with van der Waals surface area (Å²) in [5, 5.41) is 12.2. The molecule has 2 amide bonds. The van der Waals surface area contributed by atoms with E-state index in [-0.39, 0.29) is 6.42 Å². The van der Waals surface area contributed by atoms with E-state index in [0.717, 1.165) is 0 Å². The van der Waals surface area contributed by atoms with Gasteiger partial charge in [0.2, 0.25) is 0 Å². The molecule has 0 aromatic heterocycles. The molecule has 0 aliphatic carbocycles. The fourth-order valence-electron chi connectivity index (χ4n) is 0.978. The van der Waals surface area contributed by atoms with Crippen LogP contribution in [0.2, 0.25) is 0 Å². The van der Waals surface area contributed by atoms with Crippen LogP contribution in [0.3, 0.4) is 0 Å². The molecular weight excluding hydrogens is 292 g/mol. The van der Waals surface area contributed by atoms with Gasteiger partial charge in [0.15, 0.2) is 0 Å². The molecule has 0 bridgehead atoms. The lowest BCUT2D eigenvalue weighted by Crippen LogP contribution is -2.50. The average Bonchev–Trinajstić information content (AvgIpc) is 2.31. The molecule has 0 spiro atoms. The van der Waals surface area contributed by atoms with Crippen molar-refractivity contribution in [3.8, 4) is 0 Å². The Bertz CT molecular complexity index is 318. The number of amides is 2. The standard InChI is InChI=1S/C9H14F4N2O3S/c1-19-3-2-5(6(16)17)15-8(18)14-4-9(12,13)7(10)11/h5,7H,2-4H2,1H3,(H,16,17)(H2,14,15,18)/t5-/m0/s1. The molecule has 0 saturated heterocycles. The van der Waals surface area contributed by atoms with Gasteiger partial charge in [-0.3, -0.25) is 0 Å². The average molecular weight is 306 g/mol. The molecule has 0 aromatic rings. The zero-order valence-electron chi connectivity index (χ0n) is 9.96. The molecule has 1 atom stereocenters. The minimum absolute atomic E-state index is 0.0924. The maximum atomic E-state index is 12.5. The van der Waals surface area contributed by atoms with Gasteiger partial charge in [-0.2, -0.15) is 20.5 Å². The van der Waals surface area contributed by atoms with E-state index in [1.165, 1.54) is 17.1 Å². The molecule has 0 fully saturated rings. The van der Waals surface area contributed by atoms with Gasteiger partial charge in [-0.1, -0.05) is 0 Å². The van der Waals surface area contributed by atoms with Crippen molar-refractivity contribution in [1.82, 2.24) is 10.6 Å². The van der Waals surface area contributed by atoms with Crippen LogP contribution in [0.15, 0.2) is 0 Å². The number of rotatable bonds is 8. The van der Waals surface area contributed by atoms with Gasteiger partial charge >= 0.3 is 24.3 Å². The van der Waals surface area contributed by atoms with Gasteiger partial charge in [-0.15, -0.1) is 0 Å². The molecule has 5 nitrogen and oxygen atoms in total. The Kier molecular flexibility index (Phi) is 7.57. The van der Waals surface area contributed by atoms with E-state index in [1.807, 2.05) is 5.32 Å². The summed E-state index contributed by atoms with van der Waals surface area (Å²) < 4.78 is 48.6. The number of alkyl halides is 4. The molecule has 0 aromatic carbocycles. The van der Waals surface area contributed by atoms with Crippen LogP contribution >= 0.6 is 11.8 Å². The molecule has 0 unspecified atom stereocenters. The van der Waals surface area contributed by atoms with Crippen molar-refractivity contribution < 1.29 is 32.3 Å². The monoisotopic (exact) mass is 306 g/mol. The highest BCUT2D eigenvalue weighted by Crippen LogP contribution is 2.21. The zero-order chi connectivity index (χ0) is 15.1. The number of nitrogens with one attached hydrogen (secondary N) is 2. The van der Waals surface area contributed by atoms with Gasteiger partial charge in [0, 0.05) is 0 Å². The number of urea groups is 1. The van der Waals surface area contributed by atoms with Crippen LogP contribution in [-0.2, 0) is 4.79 Å². The Morgan fingerprint density at radius 1 is 1.37 bits per heavy atom. The molecule has 0 aliphatic heterocycles. The van der Waals surface area contributed by atoms with Crippen LogP contribution < -0.4 is 10.6 Å². The van der Waals surface area contributed by atoms with Crippen LogP contribution in [-0.4, -0.2) is 54.1 Å². The lowest BCUT2D eigenvalue weighted by molar-refractivity contribution is -0.139. The van der Waals surface area contributed by atoms with Gasteiger partial charge < -0.3 is 15.7 Å². The number of carboxylic acid groups (broad SMARTS) is 1. The van der Waals surface area contributed by atoms with Gasteiger partial charge in [0.05, 0.1) is 6.54 Å². The Labute approximate surface area is 111 Å². The Hall–Kier alpha value is -1.19. The summed E-state index contributed by atoms with van der Waals surface area (Å²) >= 11 is 1.34. The molecule has 19 heavy (non-hydrogen) atoms. The SMILES string of the molecule is CSCC[C@H](NC(=O)NCC(F)(F)C(F)F)C(=O)O. The minimum atomic E-state index is -4.35. The summed E-state index contributed by atoms with van der Waals surface area (Å²) in [6, 6.07) is -2.48. The lowest BCUT2D eigenvalue weighted by atomic mass is 10.2. The molecule has 0 aliphatic rings. The van der Waals surface area contributed by atoms with Crippen molar-refractivity contribution >= 4 is 23.8 Å². The van der Waals surface area contributed by atoms with Gasteiger partial charge in [0.25, 0.3) is 0 Å². The lowest BCUT2D eigenvalue weighted by Gasteiger charge is -2.18. The van der Waals surface area contributed by atoms with Gasteiger partial charge in [-0.25, -0.2) is 18.4 Å². The molecule has 0 rings (SSSR count). The molecule has 3 N–H and O–H groups in total. The smallest absolute Gasteiger partial charge is 0.326 e. The second-order valence-electron chi connectivity index (χ2n) is 3.56. The van der Waals surface area contributed by atoms with Crippen LogP contribution in [0.25, 0.3) is 0 Å². The number of thioether (sulfide) groups is 1. The zero-order valence-corrected chi connectivity index (χ0v) is 10.8. The predicted octanol–water partition coefficient (Wildman–Crippen LogP) is 1.39. The first kappa shape index (κ1) is 17.8. The number of halogens is 4. The second kappa shape index (κ2) is 8.08. The molecule has 112 valence electrons. The van der Waals surface area contributed by atoms with E-state index < -0.39 is 36.9 Å². The fourth-order valence-corrected chi connectivity index (χ4v) is 1.45. The van der Waals surface area contributed by atoms with Crippen LogP contribution in [0, 0.1) is 0 Å². The quantitative estimate of drug-likeness (QED) is 0.592. The topological polar surface area (TPSA) is 78.4 Å². The summed E-state index contributed by atoms with van der Waals surface area (Å²) in [6.45, 7) is -1.56. The van der Waals surface area contributed by atoms with Crippen LogP contribution in [0.1, 0.15) is 6.42 Å². The summed E-state index contributed by atoms with van der Waals surface area (Å²) in [5.74, 6) is -5.25. The van der Waals surface area contributed by atoms with Crippen molar-refractivity contribution in [2.24, 2.45) is 0 Å². The van der Waals surface area contributed by atoms with E-state index in [9.17, 15) is 27.2 Å². The van der Waals surface area contributed by atoms with Crippen molar-refractivity contribution in [3.05, 3.63) is 0 Å². The predicted molar refractivity (Wildman–Crippen MR) is 61.9 cm³/mol. The normalized spacial score (nSPS) is 13.2. The third-order valence-corrected chi connectivity index (χ3v) is 2.66. The largest absolute Gasteiger partial charge is 0.480 e. The van der Waals surface area contributed by atoms with E-state index in [2.05, 4.69) is 0 Å². The van der Waals surface area contributed by atoms with Crippen molar-refractivity contribution in [3.63, 3.8) is 0 Å². The molecule has 0 heterocycles. The Balaban J connectivity index is 4.24. The number of carboxylic acids is 1. The summed E-state index contributed by atoms with van der Waals surface area (Å²) in [4.78, 5) is 21.9.